The largest absolute Gasteiger partial charge is 0.340 e. The number of nitrogens with one attached hydrogen (secondary N) is 1. The lowest BCUT2D eigenvalue weighted by Crippen LogP contribution is -2.27. The maximum Gasteiger partial charge on any atom is 0.276 e. The molecule has 1 unspecified atom stereocenters. The van der Waals surface area contributed by atoms with E-state index in [0.717, 1.165) is 31.4 Å². The fourth-order valence-electron chi connectivity index (χ4n) is 5.00. The molecule has 4 aromatic rings. The molecule has 0 aliphatic heterocycles. The van der Waals surface area contributed by atoms with E-state index in [9.17, 15) is 9.18 Å². The van der Waals surface area contributed by atoms with Crippen LogP contribution < -0.4 is 10.9 Å². The molecule has 0 bridgehead atoms. The summed E-state index contributed by atoms with van der Waals surface area (Å²) in [5.74, 6) is 1.18. The van der Waals surface area contributed by atoms with Crippen LogP contribution >= 0.6 is 0 Å². The van der Waals surface area contributed by atoms with Gasteiger partial charge in [-0.1, -0.05) is 6.07 Å². The number of likely N-dealkylation sites (N-methyl/N-ethyl adjacent to an activating group) is 1. The van der Waals surface area contributed by atoms with E-state index in [1.165, 1.54) is 25.0 Å². The summed E-state index contributed by atoms with van der Waals surface area (Å²) in [5, 5.41) is 3.92. The second-order valence-electron chi connectivity index (χ2n) is 10.6. The van der Waals surface area contributed by atoms with Crippen molar-refractivity contribution in [3.05, 3.63) is 70.0 Å². The van der Waals surface area contributed by atoms with Gasteiger partial charge >= 0.3 is 0 Å². The van der Waals surface area contributed by atoms with Crippen LogP contribution in [0.2, 0.25) is 0 Å². The lowest BCUT2D eigenvalue weighted by Gasteiger charge is -2.17. The third kappa shape index (κ3) is 3.97. The van der Waals surface area contributed by atoms with Crippen LogP contribution in [0.4, 0.5) is 15.9 Å². The van der Waals surface area contributed by atoms with E-state index in [-0.39, 0.29) is 17.4 Å². The van der Waals surface area contributed by atoms with Gasteiger partial charge in [0.2, 0.25) is 0 Å². The van der Waals surface area contributed by atoms with Gasteiger partial charge in [-0.3, -0.25) is 4.79 Å². The number of anilines is 2. The summed E-state index contributed by atoms with van der Waals surface area (Å²) in [5.41, 5.74) is 2.56. The molecule has 1 saturated carbocycles. The van der Waals surface area contributed by atoms with E-state index in [1.807, 2.05) is 6.07 Å². The van der Waals surface area contributed by atoms with Crippen LogP contribution in [-0.4, -0.2) is 49.4 Å². The third-order valence-electron chi connectivity index (χ3n) is 7.17. The summed E-state index contributed by atoms with van der Waals surface area (Å²) in [6.45, 7) is 2.86. The van der Waals surface area contributed by atoms with Crippen molar-refractivity contribution in [3.63, 3.8) is 0 Å². The Bertz CT molecular complexity index is 1530. The predicted octanol–water partition coefficient (Wildman–Crippen LogP) is 4.29. The minimum Gasteiger partial charge on any atom is -0.340 e. The first-order valence-electron chi connectivity index (χ1n) is 12.4. The fourth-order valence-corrected chi connectivity index (χ4v) is 5.00. The summed E-state index contributed by atoms with van der Waals surface area (Å²) in [4.78, 5) is 28.8. The molecule has 1 aromatic carbocycles. The van der Waals surface area contributed by atoms with Crippen molar-refractivity contribution in [3.8, 4) is 5.82 Å². The molecular formula is C27H30FN7O. The van der Waals surface area contributed by atoms with Crippen LogP contribution in [0.15, 0.2) is 47.5 Å². The zero-order valence-corrected chi connectivity index (χ0v) is 21.0. The molecule has 1 atom stereocenters. The standard InChI is InChI=1S/C27H30FN7O/c1-27(2,28)26-29-10-9-24(32-26)35-22-14-23(30-15-21(22)25(36)34(35)19-7-8-19)31-18-6-5-16-12-20(33(3)4)13-17(16)11-18/h5-6,9-11,14-15,19-20H,7-8,12-13H2,1-4H3,(H,30,31). The second kappa shape index (κ2) is 8.23. The molecule has 3 aromatic heterocycles. The first kappa shape index (κ1) is 22.8. The number of halogens is 1. The van der Waals surface area contributed by atoms with Gasteiger partial charge in [0.1, 0.15) is 5.82 Å². The van der Waals surface area contributed by atoms with Crippen molar-refractivity contribution < 1.29 is 4.39 Å². The van der Waals surface area contributed by atoms with Gasteiger partial charge in [-0.05, 0) is 76.9 Å². The molecule has 2 aliphatic carbocycles. The van der Waals surface area contributed by atoms with Crippen LogP contribution in [0.5, 0.6) is 0 Å². The van der Waals surface area contributed by atoms with E-state index in [0.29, 0.717) is 28.6 Å². The van der Waals surface area contributed by atoms with Crippen molar-refractivity contribution in [1.29, 1.82) is 0 Å². The highest BCUT2D eigenvalue weighted by Crippen LogP contribution is 2.36. The maximum absolute atomic E-state index is 14.7. The monoisotopic (exact) mass is 487 g/mol. The van der Waals surface area contributed by atoms with Crippen molar-refractivity contribution >= 4 is 22.4 Å². The minimum atomic E-state index is -1.70. The molecule has 2 aliphatic rings. The zero-order valence-electron chi connectivity index (χ0n) is 21.0. The number of fused-ring (bicyclic) bond motifs is 2. The topological polar surface area (TPSA) is 80.9 Å². The number of nitrogens with zero attached hydrogens (tertiary/aromatic N) is 6. The highest BCUT2D eigenvalue weighted by Gasteiger charge is 2.31. The lowest BCUT2D eigenvalue weighted by molar-refractivity contribution is 0.206. The van der Waals surface area contributed by atoms with Crippen LogP contribution in [0.3, 0.4) is 0 Å². The maximum atomic E-state index is 14.7. The van der Waals surface area contributed by atoms with Gasteiger partial charge in [0.05, 0.1) is 16.9 Å². The van der Waals surface area contributed by atoms with Gasteiger partial charge in [0, 0.05) is 36.3 Å². The second-order valence-corrected chi connectivity index (χ2v) is 10.6. The number of hydrogen-bond donors (Lipinski definition) is 1. The Kier molecular flexibility index (Phi) is 5.22. The number of pyridine rings is 1. The van der Waals surface area contributed by atoms with Crippen molar-refractivity contribution in [2.24, 2.45) is 0 Å². The van der Waals surface area contributed by atoms with Crippen LogP contribution in [0, 0.1) is 0 Å². The summed E-state index contributed by atoms with van der Waals surface area (Å²) in [6, 6.07) is 10.6. The van der Waals surface area contributed by atoms with Crippen molar-refractivity contribution in [2.45, 2.75) is 57.3 Å². The average Bonchev–Trinajstić information content (AvgIpc) is 3.51. The first-order valence-corrected chi connectivity index (χ1v) is 12.4. The summed E-state index contributed by atoms with van der Waals surface area (Å²) < 4.78 is 18.2. The number of rotatable bonds is 6. The van der Waals surface area contributed by atoms with Crippen LogP contribution in [-0.2, 0) is 18.5 Å². The summed E-state index contributed by atoms with van der Waals surface area (Å²) in [7, 11) is 4.24. The highest BCUT2D eigenvalue weighted by molar-refractivity contribution is 5.82. The molecule has 36 heavy (non-hydrogen) atoms. The Labute approximate surface area is 208 Å². The van der Waals surface area contributed by atoms with E-state index >= 15 is 0 Å². The lowest BCUT2D eigenvalue weighted by atomic mass is 10.1. The van der Waals surface area contributed by atoms with E-state index in [1.54, 1.807) is 27.8 Å². The third-order valence-corrected chi connectivity index (χ3v) is 7.17. The quantitative estimate of drug-likeness (QED) is 0.437. The minimum absolute atomic E-state index is 0.0817. The van der Waals surface area contributed by atoms with Crippen LogP contribution in [0.1, 0.15) is 49.7 Å². The van der Waals surface area contributed by atoms with Gasteiger partial charge in [0.15, 0.2) is 17.3 Å². The van der Waals surface area contributed by atoms with Crippen molar-refractivity contribution in [2.75, 3.05) is 19.4 Å². The van der Waals surface area contributed by atoms with Gasteiger partial charge in [-0.15, -0.1) is 0 Å². The van der Waals surface area contributed by atoms with E-state index in [4.69, 9.17) is 0 Å². The molecule has 1 N–H and O–H groups in total. The molecular weight excluding hydrogens is 457 g/mol. The van der Waals surface area contributed by atoms with Crippen molar-refractivity contribution in [1.82, 2.24) is 29.2 Å². The molecule has 0 saturated heterocycles. The smallest absolute Gasteiger partial charge is 0.276 e. The predicted molar refractivity (Wildman–Crippen MR) is 138 cm³/mol. The first-order chi connectivity index (χ1) is 17.2. The Balaban J connectivity index is 1.41. The zero-order chi connectivity index (χ0) is 25.2. The average molecular weight is 488 g/mol. The molecule has 1 fully saturated rings. The molecule has 6 rings (SSSR count). The highest BCUT2D eigenvalue weighted by atomic mass is 19.1. The van der Waals surface area contributed by atoms with Gasteiger partial charge in [-0.25, -0.2) is 28.7 Å². The number of benzene rings is 1. The van der Waals surface area contributed by atoms with E-state index < -0.39 is 5.67 Å². The fraction of sp³-hybridized carbons (Fsp3) is 0.407. The summed E-state index contributed by atoms with van der Waals surface area (Å²) in [6.07, 6.45) is 7.08. The number of alkyl halides is 1. The Morgan fingerprint density at radius 3 is 2.58 bits per heavy atom. The summed E-state index contributed by atoms with van der Waals surface area (Å²) >= 11 is 0. The normalized spacial score (nSPS) is 17.7. The van der Waals surface area contributed by atoms with Gasteiger partial charge < -0.3 is 10.2 Å². The van der Waals surface area contributed by atoms with Gasteiger partial charge in [-0.2, -0.15) is 0 Å². The molecule has 8 nitrogen and oxygen atoms in total. The Morgan fingerprint density at radius 1 is 1.08 bits per heavy atom. The number of aromatic nitrogens is 5. The molecule has 186 valence electrons. The molecule has 0 radical (unpaired) electrons. The SMILES string of the molecule is CN(C)C1Cc2ccc(Nc3cc4c(cn3)c(=O)n(C3CC3)n4-c3ccnc(C(C)(C)F)n3)cc2C1. The molecule has 0 spiro atoms. The number of hydrogen-bond acceptors (Lipinski definition) is 6. The van der Waals surface area contributed by atoms with Crippen LogP contribution in [0.25, 0.3) is 16.7 Å². The van der Waals surface area contributed by atoms with E-state index in [2.05, 4.69) is 57.5 Å². The Morgan fingerprint density at radius 2 is 1.86 bits per heavy atom. The Hall–Kier alpha value is -3.59. The molecule has 0 amide bonds. The van der Waals surface area contributed by atoms with Gasteiger partial charge in [0.25, 0.3) is 5.56 Å². The molecule has 3 heterocycles. The molecule has 9 heteroatoms.